The molecule has 2 aliphatic heterocycles. The summed E-state index contributed by atoms with van der Waals surface area (Å²) < 4.78 is 98.7. The number of piperazine rings is 2. The monoisotopic (exact) mass is 1190 g/mol. The Morgan fingerprint density at radius 3 is 1.26 bits per heavy atom. The third-order valence-corrected chi connectivity index (χ3v) is 17.1. The fourth-order valence-corrected chi connectivity index (χ4v) is 12.8. The lowest BCUT2D eigenvalue weighted by Gasteiger charge is -2.42. The van der Waals surface area contributed by atoms with Crippen molar-refractivity contribution >= 4 is 69.0 Å². The summed E-state index contributed by atoms with van der Waals surface area (Å²) in [5, 5.41) is 28.0. The minimum absolute atomic E-state index is 0.00990. The molecule has 2 aliphatic rings. The average molecular weight is 1190 g/mol. The molecule has 10 rings (SSSR count). The summed E-state index contributed by atoms with van der Waals surface area (Å²) in [7, 11) is 3.00. The highest BCUT2D eigenvalue weighted by molar-refractivity contribution is 7.16. The fourth-order valence-electron chi connectivity index (χ4n) is 10.4. The topological polar surface area (TPSA) is 166 Å². The highest BCUT2D eigenvalue weighted by Gasteiger charge is 2.42. The molecule has 2 N–H and O–H groups in total. The van der Waals surface area contributed by atoms with Crippen LogP contribution in [0.15, 0.2) is 85.2 Å². The zero-order chi connectivity index (χ0) is 57.5. The first-order valence-electron chi connectivity index (χ1n) is 25.1. The molecule has 2 saturated heterocycles. The predicted molar refractivity (Wildman–Crippen MR) is 292 cm³/mol. The van der Waals surface area contributed by atoms with E-state index in [0.29, 0.717) is 79.6 Å². The van der Waals surface area contributed by atoms with Crippen LogP contribution in [-0.2, 0) is 12.4 Å². The van der Waals surface area contributed by atoms with Gasteiger partial charge in [-0.2, -0.15) is 36.5 Å². The van der Waals surface area contributed by atoms with Crippen molar-refractivity contribution in [3.05, 3.63) is 137 Å². The number of hydrogen-bond donors (Lipinski definition) is 2. The second-order valence-electron chi connectivity index (χ2n) is 19.3. The van der Waals surface area contributed by atoms with Crippen molar-refractivity contribution in [1.82, 2.24) is 48.8 Å². The van der Waals surface area contributed by atoms with E-state index < -0.39 is 35.6 Å². The minimum atomic E-state index is -4.73. The number of aliphatic hydroxyl groups is 2. The Balaban J connectivity index is 0.000000194. The van der Waals surface area contributed by atoms with Gasteiger partial charge in [-0.3, -0.25) is 19.4 Å². The Bertz CT molecular complexity index is 3310. The van der Waals surface area contributed by atoms with Crippen molar-refractivity contribution < 1.29 is 55.6 Å². The van der Waals surface area contributed by atoms with Crippen LogP contribution in [0.25, 0.3) is 33.8 Å². The van der Waals surface area contributed by atoms with Crippen LogP contribution in [-0.4, -0.2) is 150 Å². The summed E-state index contributed by atoms with van der Waals surface area (Å²) in [4.78, 5) is 45.8. The van der Waals surface area contributed by atoms with Crippen LogP contribution in [0.1, 0.15) is 78.9 Å². The standard InChI is InChI=1S/2C27H27ClF3N5O3S/c2*1-15-13-34(20(14-37)21-8-9-22(28)40-21)10-11-35(15)26(38)19-12-32-36-24(27(29,30)31)16(2)23(33-25(19)36)17-4-6-18(39-3)7-5-17/h2*4-9,12,15,20,37H,10-11,13-14H2,1-3H3/t15-,20+;15-,20-/m11/s1. The first-order valence-corrected chi connectivity index (χ1v) is 27.5. The number of benzene rings is 2. The number of carbonyl (C=O) groups excluding carboxylic acids is 2. The molecule has 16 nitrogen and oxygen atoms in total. The van der Waals surface area contributed by atoms with Gasteiger partial charge >= 0.3 is 12.4 Å². The predicted octanol–water partition coefficient (Wildman–Crippen LogP) is 10.7. The highest BCUT2D eigenvalue weighted by Crippen LogP contribution is 2.40. The lowest BCUT2D eigenvalue weighted by atomic mass is 10.0. The van der Waals surface area contributed by atoms with Gasteiger partial charge in [0.2, 0.25) is 0 Å². The van der Waals surface area contributed by atoms with Crippen LogP contribution in [0, 0.1) is 13.8 Å². The Hall–Kier alpha value is -6.38. The van der Waals surface area contributed by atoms with Gasteiger partial charge in [0, 0.05) is 83.4 Å². The number of methoxy groups -OCH3 is 2. The van der Waals surface area contributed by atoms with Crippen molar-refractivity contribution in [2.45, 2.75) is 64.2 Å². The number of hydrogen-bond acceptors (Lipinski definition) is 14. The molecule has 80 heavy (non-hydrogen) atoms. The van der Waals surface area contributed by atoms with E-state index in [1.807, 2.05) is 26.0 Å². The molecule has 2 amide bonds. The highest BCUT2D eigenvalue weighted by atomic mass is 35.5. The van der Waals surface area contributed by atoms with Gasteiger partial charge in [-0.05, 0) is 100 Å². The molecule has 8 heterocycles. The van der Waals surface area contributed by atoms with Crippen LogP contribution in [0.5, 0.6) is 11.5 Å². The van der Waals surface area contributed by atoms with E-state index in [4.69, 9.17) is 32.7 Å². The maximum Gasteiger partial charge on any atom is 0.433 e. The first-order chi connectivity index (χ1) is 38.1. The quantitative estimate of drug-likeness (QED) is 0.111. The molecular weight excluding hydrogens is 1130 g/mol. The molecule has 0 spiro atoms. The van der Waals surface area contributed by atoms with E-state index in [2.05, 4.69) is 30.0 Å². The minimum Gasteiger partial charge on any atom is -0.497 e. The van der Waals surface area contributed by atoms with Gasteiger partial charge in [-0.15, -0.1) is 22.7 Å². The molecule has 0 aliphatic carbocycles. The van der Waals surface area contributed by atoms with Crippen molar-refractivity contribution in [3.8, 4) is 34.0 Å². The van der Waals surface area contributed by atoms with Crippen LogP contribution in [0.3, 0.4) is 0 Å². The number of ether oxygens (including phenoxy) is 2. The number of amides is 2. The number of alkyl halides is 6. The normalized spacial score (nSPS) is 17.4. The van der Waals surface area contributed by atoms with Gasteiger partial charge in [0.25, 0.3) is 11.8 Å². The summed E-state index contributed by atoms with van der Waals surface area (Å²) in [6.45, 7) is 8.70. The molecule has 0 saturated carbocycles. The Morgan fingerprint density at radius 2 is 0.975 bits per heavy atom. The number of aromatic nitrogens is 6. The smallest absolute Gasteiger partial charge is 0.433 e. The molecule has 2 fully saturated rings. The number of fused-ring (bicyclic) bond motifs is 2. The maximum absolute atomic E-state index is 14.3. The van der Waals surface area contributed by atoms with Crippen molar-refractivity contribution in [2.24, 2.45) is 0 Å². The Morgan fingerprint density at radius 1 is 0.613 bits per heavy atom. The van der Waals surface area contributed by atoms with Gasteiger partial charge in [0.05, 0.1) is 72.0 Å². The molecule has 6 aromatic heterocycles. The zero-order valence-corrected chi connectivity index (χ0v) is 47.0. The number of thiophene rings is 2. The third kappa shape index (κ3) is 11.6. The van der Waals surface area contributed by atoms with Crippen LogP contribution < -0.4 is 9.47 Å². The maximum atomic E-state index is 14.3. The summed E-state index contributed by atoms with van der Waals surface area (Å²) >= 11 is 15.0. The number of nitrogens with zero attached hydrogens (tertiary/aromatic N) is 10. The van der Waals surface area contributed by atoms with Gasteiger partial charge in [0.15, 0.2) is 22.7 Å². The number of halogens is 8. The van der Waals surface area contributed by atoms with Gasteiger partial charge in [0.1, 0.15) is 22.6 Å². The molecule has 2 aromatic carbocycles. The summed E-state index contributed by atoms with van der Waals surface area (Å²) in [5.74, 6) is 0.203. The Kier molecular flexibility index (Phi) is 17.2. The number of carbonyl (C=O) groups is 2. The molecular formula is C54H54Cl2F6N10O6S2. The van der Waals surface area contributed by atoms with Crippen LogP contribution in [0.2, 0.25) is 8.67 Å². The van der Waals surface area contributed by atoms with Crippen LogP contribution in [0.4, 0.5) is 26.3 Å². The molecule has 0 radical (unpaired) electrons. The first kappa shape index (κ1) is 58.3. The van der Waals surface area contributed by atoms with Gasteiger partial charge in [-0.25, -0.2) is 19.0 Å². The third-order valence-electron chi connectivity index (χ3n) is 14.4. The second kappa shape index (κ2) is 23.6. The lowest BCUT2D eigenvalue weighted by molar-refractivity contribution is -0.144. The van der Waals surface area contributed by atoms with Gasteiger partial charge in [-0.1, -0.05) is 23.2 Å². The van der Waals surface area contributed by atoms with Gasteiger partial charge < -0.3 is 29.5 Å². The molecule has 26 heteroatoms. The van der Waals surface area contributed by atoms with E-state index >= 15 is 0 Å². The molecule has 0 unspecified atom stereocenters. The molecule has 424 valence electrons. The largest absolute Gasteiger partial charge is 0.497 e. The molecule has 0 bridgehead atoms. The van der Waals surface area contributed by atoms with Crippen molar-refractivity contribution in [1.29, 1.82) is 0 Å². The second-order valence-corrected chi connectivity index (χ2v) is 22.8. The summed E-state index contributed by atoms with van der Waals surface area (Å²) in [5.41, 5.74) is -1.39. The fraction of sp³-hybridized carbons (Fsp3) is 0.370. The van der Waals surface area contributed by atoms with E-state index in [9.17, 15) is 46.1 Å². The van der Waals surface area contributed by atoms with E-state index in [-0.39, 0.29) is 82.3 Å². The molecule has 8 aromatic rings. The number of rotatable bonds is 12. The van der Waals surface area contributed by atoms with Crippen molar-refractivity contribution in [3.63, 3.8) is 0 Å². The van der Waals surface area contributed by atoms with E-state index in [1.54, 1.807) is 70.5 Å². The summed E-state index contributed by atoms with van der Waals surface area (Å²) in [6, 6.07) is 19.3. The molecule has 4 atom stereocenters. The number of aliphatic hydroxyl groups excluding tert-OH is 2. The lowest BCUT2D eigenvalue weighted by Crippen LogP contribution is -2.55. The SMILES string of the molecule is COc1ccc(-c2nc3c(C(=O)N4CCN([C@@H](CO)c5ccc(Cl)s5)C[C@H]4C)cnn3c(C(F)(F)F)c2C)cc1.COc1ccc(-c2nc3c(C(=O)N4CCN([C@H](CO)c5ccc(Cl)s5)C[C@H]4C)cnn3c(C(F)(F)F)c2C)cc1. The van der Waals surface area contributed by atoms with Crippen LogP contribution >= 0.6 is 45.9 Å². The summed E-state index contributed by atoms with van der Waals surface area (Å²) in [6.07, 6.45) is -7.16. The van der Waals surface area contributed by atoms with E-state index in [1.165, 1.54) is 50.7 Å². The Labute approximate surface area is 473 Å². The average Bonchev–Trinajstić information content (AvgIpc) is 4.34. The zero-order valence-electron chi connectivity index (χ0n) is 43.9. The van der Waals surface area contributed by atoms with Crippen molar-refractivity contribution in [2.75, 3.05) is 66.7 Å². The van der Waals surface area contributed by atoms with E-state index in [0.717, 1.165) is 22.1 Å².